The summed E-state index contributed by atoms with van der Waals surface area (Å²) < 4.78 is 18.9. The molecule has 1 amide bonds. The highest BCUT2D eigenvalue weighted by atomic mass is 19.1. The number of methoxy groups -OCH3 is 1. The lowest BCUT2D eigenvalue weighted by atomic mass is 9.77. The Balaban J connectivity index is 1.44. The van der Waals surface area contributed by atoms with E-state index < -0.39 is 0 Å². The predicted octanol–water partition coefficient (Wildman–Crippen LogP) is 2.58. The molecule has 1 saturated carbocycles. The molecule has 150 valence electrons. The lowest BCUT2D eigenvalue weighted by molar-refractivity contribution is -0.121. The summed E-state index contributed by atoms with van der Waals surface area (Å²) >= 11 is 0. The second-order valence-corrected chi connectivity index (χ2v) is 8.04. The van der Waals surface area contributed by atoms with Crippen LogP contribution in [-0.2, 0) is 16.1 Å². The largest absolute Gasteiger partial charge is 0.379 e. The van der Waals surface area contributed by atoms with Crippen LogP contribution < -0.4 is 5.32 Å². The maximum Gasteiger partial charge on any atom is 0.217 e. The number of rotatable bonds is 5. The molecule has 2 aromatic rings. The van der Waals surface area contributed by atoms with E-state index >= 15 is 0 Å². The Morgan fingerprint density at radius 2 is 2.00 bits per heavy atom. The van der Waals surface area contributed by atoms with Crippen molar-refractivity contribution in [1.29, 1.82) is 0 Å². The summed E-state index contributed by atoms with van der Waals surface area (Å²) in [6.07, 6.45) is 3.86. The molecule has 1 aliphatic carbocycles. The van der Waals surface area contributed by atoms with Gasteiger partial charge in [-0.15, -0.1) is 0 Å². The van der Waals surface area contributed by atoms with Gasteiger partial charge in [0.2, 0.25) is 5.91 Å². The van der Waals surface area contributed by atoms with Gasteiger partial charge < -0.3 is 10.1 Å². The van der Waals surface area contributed by atoms with Crippen molar-refractivity contribution in [3.63, 3.8) is 0 Å². The molecule has 0 bridgehead atoms. The molecule has 2 aliphatic rings. The Bertz CT molecular complexity index is 822. The monoisotopic (exact) mass is 386 g/mol. The van der Waals surface area contributed by atoms with Crippen molar-refractivity contribution < 1.29 is 13.9 Å². The molecule has 0 unspecified atom stereocenters. The number of fused-ring (bicyclic) bond motifs is 1. The van der Waals surface area contributed by atoms with E-state index in [1.165, 1.54) is 12.1 Å². The molecule has 1 aromatic heterocycles. The molecule has 2 N–H and O–H groups in total. The first-order valence-electron chi connectivity index (χ1n) is 9.84. The number of nitrogens with zero attached hydrogens (tertiary/aromatic N) is 2. The van der Waals surface area contributed by atoms with E-state index in [2.05, 4.69) is 20.4 Å². The van der Waals surface area contributed by atoms with Gasteiger partial charge in [0.25, 0.3) is 0 Å². The fourth-order valence-corrected chi connectivity index (χ4v) is 4.85. The van der Waals surface area contributed by atoms with Crippen molar-refractivity contribution in [1.82, 2.24) is 20.4 Å². The zero-order chi connectivity index (χ0) is 19.7. The lowest BCUT2D eigenvalue weighted by Gasteiger charge is -2.37. The molecule has 2 heterocycles. The quantitative estimate of drug-likeness (QED) is 0.829. The molecule has 28 heavy (non-hydrogen) atoms. The van der Waals surface area contributed by atoms with E-state index in [-0.39, 0.29) is 23.9 Å². The van der Waals surface area contributed by atoms with Gasteiger partial charge in [0, 0.05) is 44.8 Å². The number of aromatic nitrogens is 2. The molecule has 0 spiro atoms. The van der Waals surface area contributed by atoms with Crippen LogP contribution >= 0.6 is 0 Å². The van der Waals surface area contributed by atoms with Crippen LogP contribution in [-0.4, -0.2) is 53.3 Å². The van der Waals surface area contributed by atoms with E-state index in [9.17, 15) is 9.18 Å². The smallest absolute Gasteiger partial charge is 0.217 e. The number of hydrogen-bond donors (Lipinski definition) is 2. The Morgan fingerprint density at radius 3 is 2.68 bits per heavy atom. The Hall–Kier alpha value is -2.25. The van der Waals surface area contributed by atoms with E-state index in [1.807, 2.05) is 6.20 Å². The Morgan fingerprint density at radius 1 is 1.29 bits per heavy atom. The summed E-state index contributed by atoms with van der Waals surface area (Å²) in [6, 6.07) is 6.58. The number of halogens is 1. The van der Waals surface area contributed by atoms with Crippen molar-refractivity contribution >= 4 is 5.91 Å². The van der Waals surface area contributed by atoms with Crippen molar-refractivity contribution in [2.45, 2.75) is 38.5 Å². The van der Waals surface area contributed by atoms with Gasteiger partial charge in [0.05, 0.1) is 24.0 Å². The van der Waals surface area contributed by atoms with Crippen molar-refractivity contribution in [3.05, 3.63) is 41.8 Å². The normalized spacial score (nSPS) is 27.5. The summed E-state index contributed by atoms with van der Waals surface area (Å²) in [5, 5.41) is 10.3. The second-order valence-electron chi connectivity index (χ2n) is 8.04. The third kappa shape index (κ3) is 3.95. The Kier molecular flexibility index (Phi) is 5.46. The first kappa shape index (κ1) is 19.1. The highest BCUT2D eigenvalue weighted by molar-refractivity contribution is 5.73. The van der Waals surface area contributed by atoms with Crippen molar-refractivity contribution in [3.8, 4) is 11.3 Å². The van der Waals surface area contributed by atoms with Crippen LogP contribution in [0, 0.1) is 17.7 Å². The van der Waals surface area contributed by atoms with Crippen LogP contribution in [0.2, 0.25) is 0 Å². The molecule has 4 atom stereocenters. The highest BCUT2D eigenvalue weighted by Gasteiger charge is 2.42. The summed E-state index contributed by atoms with van der Waals surface area (Å²) in [5.41, 5.74) is 3.00. The number of aromatic amines is 1. The number of carbonyl (C=O) groups excluding carboxylic acids is 1. The van der Waals surface area contributed by atoms with Gasteiger partial charge in [-0.1, -0.05) is 0 Å². The maximum absolute atomic E-state index is 13.2. The van der Waals surface area contributed by atoms with E-state index in [4.69, 9.17) is 4.74 Å². The summed E-state index contributed by atoms with van der Waals surface area (Å²) in [5.74, 6) is 0.901. The zero-order valence-electron chi connectivity index (χ0n) is 16.3. The number of benzene rings is 1. The number of amides is 1. The van der Waals surface area contributed by atoms with Gasteiger partial charge in [0.1, 0.15) is 5.82 Å². The van der Waals surface area contributed by atoms with Crippen LogP contribution in [0.4, 0.5) is 4.39 Å². The number of ether oxygens (including phenoxy) is 1. The number of nitrogens with one attached hydrogen (secondary N) is 2. The average Bonchev–Trinajstić information content (AvgIpc) is 3.27. The predicted molar refractivity (Wildman–Crippen MR) is 104 cm³/mol. The molecule has 2 fully saturated rings. The minimum atomic E-state index is -0.241. The van der Waals surface area contributed by atoms with Gasteiger partial charge >= 0.3 is 0 Å². The second kappa shape index (κ2) is 8.01. The minimum Gasteiger partial charge on any atom is -0.379 e. The fourth-order valence-electron chi connectivity index (χ4n) is 4.85. The van der Waals surface area contributed by atoms with Crippen LogP contribution in [0.3, 0.4) is 0 Å². The van der Waals surface area contributed by atoms with Crippen LogP contribution in [0.5, 0.6) is 0 Å². The number of hydrogen-bond acceptors (Lipinski definition) is 4. The zero-order valence-corrected chi connectivity index (χ0v) is 16.3. The van der Waals surface area contributed by atoms with E-state index in [1.54, 1.807) is 26.2 Å². The van der Waals surface area contributed by atoms with Crippen molar-refractivity contribution in [2.24, 2.45) is 11.8 Å². The van der Waals surface area contributed by atoms with Crippen molar-refractivity contribution in [2.75, 3.05) is 20.2 Å². The number of carbonyl (C=O) groups is 1. The molecular formula is C21H27FN4O2. The van der Waals surface area contributed by atoms with Gasteiger partial charge in [-0.25, -0.2) is 4.39 Å². The van der Waals surface area contributed by atoms with Crippen LogP contribution in [0.15, 0.2) is 30.5 Å². The molecule has 6 nitrogen and oxygen atoms in total. The summed E-state index contributed by atoms with van der Waals surface area (Å²) in [4.78, 5) is 14.0. The third-order valence-electron chi connectivity index (χ3n) is 6.13. The standard InChI is InChI=1S/C21H27FN4O2/c1-13(27)24-19-7-15-10-26(11-16(15)8-20(19)28-2)12-17-9-23-25-21(17)14-3-5-18(22)6-4-14/h3-6,9,15-16,19-20H,7-8,10-12H2,1-2H3,(H,23,25)(H,24,27)/t15-,16+,19-,20-/m1/s1. The maximum atomic E-state index is 13.2. The topological polar surface area (TPSA) is 70.2 Å². The van der Waals surface area contributed by atoms with Crippen LogP contribution in [0.25, 0.3) is 11.3 Å². The summed E-state index contributed by atoms with van der Waals surface area (Å²) in [7, 11) is 1.73. The molecule has 1 aliphatic heterocycles. The fraction of sp³-hybridized carbons (Fsp3) is 0.524. The highest BCUT2D eigenvalue weighted by Crippen LogP contribution is 2.38. The molecule has 0 radical (unpaired) electrons. The minimum absolute atomic E-state index is 0.00249. The van der Waals surface area contributed by atoms with E-state index in [0.29, 0.717) is 11.8 Å². The molecule has 1 saturated heterocycles. The number of likely N-dealkylation sites (tertiary alicyclic amines) is 1. The third-order valence-corrected chi connectivity index (χ3v) is 6.13. The average molecular weight is 386 g/mol. The molecule has 1 aromatic carbocycles. The van der Waals surface area contributed by atoms with E-state index in [0.717, 1.165) is 49.3 Å². The summed E-state index contributed by atoms with van der Waals surface area (Å²) in [6.45, 7) is 4.39. The SMILES string of the molecule is CO[C@@H]1C[C@H]2CN(Cc3cn[nH]c3-c3ccc(F)cc3)C[C@H]2C[C@H]1NC(C)=O. The molecule has 7 heteroatoms. The Labute approximate surface area is 164 Å². The molecule has 4 rings (SSSR count). The first-order chi connectivity index (χ1) is 13.5. The van der Waals surface area contributed by atoms with Gasteiger partial charge in [-0.3, -0.25) is 14.8 Å². The first-order valence-corrected chi connectivity index (χ1v) is 9.84. The number of H-pyrrole nitrogens is 1. The molecular weight excluding hydrogens is 359 g/mol. The van der Waals surface area contributed by atoms with Crippen LogP contribution in [0.1, 0.15) is 25.3 Å². The van der Waals surface area contributed by atoms with Gasteiger partial charge in [0.15, 0.2) is 0 Å². The lowest BCUT2D eigenvalue weighted by Crippen LogP contribution is -2.49. The van der Waals surface area contributed by atoms with Gasteiger partial charge in [-0.05, 0) is 48.9 Å². The van der Waals surface area contributed by atoms with Gasteiger partial charge in [-0.2, -0.15) is 5.10 Å².